The van der Waals surface area contributed by atoms with Crippen LogP contribution in [0.2, 0.25) is 10.0 Å². The summed E-state index contributed by atoms with van der Waals surface area (Å²) in [6, 6.07) is 11.8. The smallest absolute Gasteiger partial charge is 0.326 e. The lowest BCUT2D eigenvalue weighted by Crippen LogP contribution is -2.61. The molecule has 2 atom stereocenters. The van der Waals surface area contributed by atoms with Gasteiger partial charge in [0, 0.05) is 12.2 Å². The number of carbonyl (C=O) groups is 3. The number of piperidine rings is 1. The Kier molecular flexibility index (Phi) is 8.05. The van der Waals surface area contributed by atoms with Gasteiger partial charge in [0.05, 0.1) is 16.6 Å². The van der Waals surface area contributed by atoms with E-state index in [9.17, 15) is 19.5 Å². The average Bonchev–Trinajstić information content (AvgIpc) is 2.80. The molecule has 0 radical (unpaired) electrons. The fourth-order valence-electron chi connectivity index (χ4n) is 3.64. The molecule has 0 saturated carbocycles. The number of anilines is 1. The largest absolute Gasteiger partial charge is 0.480 e. The van der Waals surface area contributed by atoms with Crippen LogP contribution in [0.1, 0.15) is 26.2 Å². The SMILES string of the molecule is CC(CNC(=O)Nc1ccc(Cl)c(Cl)c1)(Oc1ccccc1)C(=O)N1CCCCC1C(=O)O. The summed E-state index contributed by atoms with van der Waals surface area (Å²) in [5.74, 6) is -1.15. The molecule has 0 spiro atoms. The van der Waals surface area contributed by atoms with Gasteiger partial charge in [0.1, 0.15) is 11.8 Å². The lowest BCUT2D eigenvalue weighted by Gasteiger charge is -2.39. The maximum atomic E-state index is 13.5. The summed E-state index contributed by atoms with van der Waals surface area (Å²) in [6.45, 7) is 1.64. The van der Waals surface area contributed by atoms with Gasteiger partial charge < -0.3 is 25.4 Å². The number of nitrogens with one attached hydrogen (secondary N) is 2. The van der Waals surface area contributed by atoms with Gasteiger partial charge in [-0.3, -0.25) is 4.79 Å². The zero-order chi connectivity index (χ0) is 24.0. The first kappa shape index (κ1) is 24.7. The highest BCUT2D eigenvalue weighted by Gasteiger charge is 2.44. The van der Waals surface area contributed by atoms with Crippen LogP contribution in [0.25, 0.3) is 0 Å². The van der Waals surface area contributed by atoms with Crippen molar-refractivity contribution in [1.29, 1.82) is 0 Å². The maximum Gasteiger partial charge on any atom is 0.326 e. The molecule has 3 amide bonds. The van der Waals surface area contributed by atoms with Crippen LogP contribution in [0, 0.1) is 0 Å². The monoisotopic (exact) mass is 493 g/mol. The Hall–Kier alpha value is -2.97. The Labute approximate surface area is 201 Å². The molecule has 0 bridgehead atoms. The normalized spacial score (nSPS) is 17.5. The van der Waals surface area contributed by atoms with Crippen molar-refractivity contribution in [1.82, 2.24) is 10.2 Å². The molecule has 1 aliphatic rings. The van der Waals surface area contributed by atoms with Crippen LogP contribution in [0.15, 0.2) is 48.5 Å². The van der Waals surface area contributed by atoms with E-state index in [1.54, 1.807) is 42.5 Å². The fourth-order valence-corrected chi connectivity index (χ4v) is 3.94. The molecule has 1 heterocycles. The summed E-state index contributed by atoms with van der Waals surface area (Å²) in [7, 11) is 0. The third kappa shape index (κ3) is 6.30. The van der Waals surface area contributed by atoms with Crippen molar-refractivity contribution >= 4 is 46.8 Å². The first-order valence-electron chi connectivity index (χ1n) is 10.5. The summed E-state index contributed by atoms with van der Waals surface area (Å²) in [5.41, 5.74) is -1.12. The molecule has 1 aliphatic heterocycles. The Balaban J connectivity index is 1.77. The molecule has 2 aromatic carbocycles. The molecule has 176 valence electrons. The van der Waals surface area contributed by atoms with Crippen LogP contribution in [0.4, 0.5) is 10.5 Å². The number of aliphatic carboxylic acids is 1. The van der Waals surface area contributed by atoms with Gasteiger partial charge in [-0.2, -0.15) is 0 Å². The van der Waals surface area contributed by atoms with Crippen molar-refractivity contribution in [2.45, 2.75) is 37.8 Å². The van der Waals surface area contributed by atoms with E-state index in [0.717, 1.165) is 6.42 Å². The Morgan fingerprint density at radius 2 is 1.85 bits per heavy atom. The molecule has 2 unspecified atom stereocenters. The van der Waals surface area contributed by atoms with E-state index < -0.39 is 29.6 Å². The van der Waals surface area contributed by atoms with Crippen molar-refractivity contribution in [3.63, 3.8) is 0 Å². The van der Waals surface area contributed by atoms with E-state index >= 15 is 0 Å². The highest BCUT2D eigenvalue weighted by Crippen LogP contribution is 2.26. The van der Waals surface area contributed by atoms with Gasteiger partial charge in [-0.05, 0) is 56.5 Å². The number of hydrogen-bond donors (Lipinski definition) is 3. The van der Waals surface area contributed by atoms with Crippen molar-refractivity contribution in [3.05, 3.63) is 58.6 Å². The van der Waals surface area contributed by atoms with Crippen molar-refractivity contribution < 1.29 is 24.2 Å². The minimum atomic E-state index is -1.54. The van der Waals surface area contributed by atoms with E-state index in [0.29, 0.717) is 35.8 Å². The molecule has 1 fully saturated rings. The zero-order valence-corrected chi connectivity index (χ0v) is 19.5. The molecule has 33 heavy (non-hydrogen) atoms. The predicted molar refractivity (Wildman–Crippen MR) is 126 cm³/mol. The van der Waals surface area contributed by atoms with Crippen LogP contribution >= 0.6 is 23.2 Å². The number of likely N-dealkylation sites (tertiary alicyclic amines) is 1. The number of ether oxygens (including phenoxy) is 1. The highest BCUT2D eigenvalue weighted by molar-refractivity contribution is 6.42. The van der Waals surface area contributed by atoms with Crippen LogP contribution in [-0.2, 0) is 9.59 Å². The van der Waals surface area contributed by atoms with Gasteiger partial charge in [0.25, 0.3) is 5.91 Å². The second-order valence-electron chi connectivity index (χ2n) is 7.93. The fraction of sp³-hybridized carbons (Fsp3) is 0.348. The van der Waals surface area contributed by atoms with Gasteiger partial charge in [-0.25, -0.2) is 9.59 Å². The quantitative estimate of drug-likeness (QED) is 0.528. The van der Waals surface area contributed by atoms with E-state index in [4.69, 9.17) is 27.9 Å². The molecule has 3 N–H and O–H groups in total. The standard InChI is InChI=1S/C23H25Cl2N3O5/c1-23(33-16-7-3-2-4-8-16,21(31)28-12-6-5-9-19(28)20(29)30)14-26-22(32)27-15-10-11-17(24)18(25)13-15/h2-4,7-8,10-11,13,19H,5-6,9,12,14H2,1H3,(H,29,30)(H2,26,27,32). The summed E-state index contributed by atoms with van der Waals surface area (Å²) >= 11 is 11.9. The molecular formula is C23H25Cl2N3O5. The van der Waals surface area contributed by atoms with Crippen LogP contribution in [-0.4, -0.2) is 52.6 Å². The van der Waals surface area contributed by atoms with Gasteiger partial charge in [-0.1, -0.05) is 41.4 Å². The van der Waals surface area contributed by atoms with Crippen molar-refractivity contribution in [2.24, 2.45) is 0 Å². The number of para-hydroxylation sites is 1. The number of carboxylic acids is 1. The Morgan fingerprint density at radius 1 is 1.12 bits per heavy atom. The number of urea groups is 1. The molecule has 2 aromatic rings. The molecule has 8 nitrogen and oxygen atoms in total. The number of hydrogen-bond acceptors (Lipinski definition) is 4. The molecule has 1 saturated heterocycles. The second kappa shape index (κ2) is 10.8. The van der Waals surface area contributed by atoms with Gasteiger partial charge in [0.2, 0.25) is 5.60 Å². The molecule has 3 rings (SSSR count). The molecule has 0 aromatic heterocycles. The summed E-state index contributed by atoms with van der Waals surface area (Å²) in [6.07, 6.45) is 1.79. The minimum Gasteiger partial charge on any atom is -0.480 e. The zero-order valence-electron chi connectivity index (χ0n) is 18.0. The van der Waals surface area contributed by atoms with Gasteiger partial charge in [-0.15, -0.1) is 0 Å². The first-order chi connectivity index (χ1) is 15.7. The van der Waals surface area contributed by atoms with Gasteiger partial charge >= 0.3 is 12.0 Å². The van der Waals surface area contributed by atoms with E-state index in [2.05, 4.69) is 10.6 Å². The summed E-state index contributed by atoms with van der Waals surface area (Å²) in [5, 5.41) is 15.5. The number of carbonyl (C=O) groups excluding carboxylic acids is 2. The predicted octanol–water partition coefficient (Wildman–Crippen LogP) is 4.42. The highest BCUT2D eigenvalue weighted by atomic mass is 35.5. The molecular weight excluding hydrogens is 469 g/mol. The molecule has 0 aliphatic carbocycles. The third-order valence-corrected chi connectivity index (χ3v) is 6.09. The van der Waals surface area contributed by atoms with Crippen LogP contribution < -0.4 is 15.4 Å². The summed E-state index contributed by atoms with van der Waals surface area (Å²) in [4.78, 5) is 39.1. The van der Waals surface area contributed by atoms with Crippen molar-refractivity contribution in [2.75, 3.05) is 18.4 Å². The van der Waals surface area contributed by atoms with E-state index in [-0.39, 0.29) is 11.6 Å². The summed E-state index contributed by atoms with van der Waals surface area (Å²) < 4.78 is 6.02. The maximum absolute atomic E-state index is 13.5. The lowest BCUT2D eigenvalue weighted by molar-refractivity contribution is -0.159. The number of amides is 3. The number of rotatable bonds is 7. The molecule has 10 heteroatoms. The topological polar surface area (TPSA) is 108 Å². The second-order valence-corrected chi connectivity index (χ2v) is 8.75. The minimum absolute atomic E-state index is 0.198. The van der Waals surface area contributed by atoms with E-state index in [1.807, 2.05) is 0 Å². The van der Waals surface area contributed by atoms with Crippen LogP contribution in [0.3, 0.4) is 0 Å². The Bertz CT molecular complexity index is 1020. The van der Waals surface area contributed by atoms with E-state index in [1.165, 1.54) is 17.9 Å². The van der Waals surface area contributed by atoms with Crippen LogP contribution in [0.5, 0.6) is 5.75 Å². The number of carboxylic acid groups (broad SMARTS) is 1. The first-order valence-corrected chi connectivity index (χ1v) is 11.2. The van der Waals surface area contributed by atoms with Gasteiger partial charge in [0.15, 0.2) is 0 Å². The number of nitrogens with zero attached hydrogens (tertiary/aromatic N) is 1. The third-order valence-electron chi connectivity index (χ3n) is 5.35. The number of halogens is 2. The number of benzene rings is 2. The lowest BCUT2D eigenvalue weighted by atomic mass is 9.97. The average molecular weight is 494 g/mol. The Morgan fingerprint density at radius 3 is 2.52 bits per heavy atom. The van der Waals surface area contributed by atoms with Crippen molar-refractivity contribution in [3.8, 4) is 5.75 Å².